The lowest BCUT2D eigenvalue weighted by Crippen LogP contribution is -2.06. The Kier molecular flexibility index (Phi) is 5.31. The highest BCUT2D eigenvalue weighted by Crippen LogP contribution is 2.41. The van der Waals surface area contributed by atoms with Gasteiger partial charge in [0.1, 0.15) is 0 Å². The van der Waals surface area contributed by atoms with Crippen LogP contribution in [0.3, 0.4) is 0 Å². The molecule has 0 amide bonds. The normalized spacial score (nSPS) is 18.4. The van der Waals surface area contributed by atoms with Gasteiger partial charge in [-0.2, -0.15) is 0 Å². The molecular weight excluding hydrogens is 268 g/mol. The summed E-state index contributed by atoms with van der Waals surface area (Å²) in [6.45, 7) is 13.4. The molecule has 2 N–H and O–H groups in total. The minimum Gasteiger partial charge on any atom is -0.398 e. The quantitative estimate of drug-likeness (QED) is 0.500. The minimum atomic E-state index is 0.504. The lowest BCUT2D eigenvalue weighted by molar-refractivity contribution is 0.712. The molecule has 1 aromatic rings. The summed E-state index contributed by atoms with van der Waals surface area (Å²) < 4.78 is 0. The third-order valence-electron chi connectivity index (χ3n) is 5.40. The third kappa shape index (κ3) is 3.37. The highest BCUT2D eigenvalue weighted by Gasteiger charge is 2.26. The first kappa shape index (κ1) is 17.1. The van der Waals surface area contributed by atoms with Gasteiger partial charge in [-0.3, -0.25) is 4.99 Å². The molecule has 1 aliphatic carbocycles. The van der Waals surface area contributed by atoms with Gasteiger partial charge in [0, 0.05) is 11.4 Å². The number of nitrogen functional groups attached to an aromatic ring is 1. The van der Waals surface area contributed by atoms with Crippen LogP contribution in [0.4, 0.5) is 11.4 Å². The maximum absolute atomic E-state index is 6.47. The van der Waals surface area contributed by atoms with Crippen molar-refractivity contribution < 1.29 is 0 Å². The summed E-state index contributed by atoms with van der Waals surface area (Å²) in [5, 5.41) is 0. The van der Waals surface area contributed by atoms with Crippen LogP contribution < -0.4 is 5.73 Å². The molecule has 1 aromatic carbocycles. The van der Waals surface area contributed by atoms with Crippen LogP contribution in [-0.4, -0.2) is 5.71 Å². The van der Waals surface area contributed by atoms with Crippen molar-refractivity contribution in [2.75, 3.05) is 5.73 Å². The van der Waals surface area contributed by atoms with Crippen LogP contribution >= 0.6 is 0 Å². The molecule has 2 atom stereocenters. The van der Waals surface area contributed by atoms with Gasteiger partial charge < -0.3 is 5.73 Å². The molecule has 1 saturated carbocycles. The number of benzene rings is 1. The molecule has 2 rings (SSSR count). The van der Waals surface area contributed by atoms with E-state index in [0.717, 1.165) is 24.2 Å². The van der Waals surface area contributed by atoms with Crippen LogP contribution in [0.5, 0.6) is 0 Å². The Bertz CT molecular complexity index is 568. The summed E-state index contributed by atoms with van der Waals surface area (Å²) in [5.74, 6) is 1.73. The van der Waals surface area contributed by atoms with E-state index in [4.69, 9.17) is 10.7 Å². The lowest BCUT2D eigenvalue weighted by Gasteiger charge is -2.22. The average molecular weight is 300 g/mol. The summed E-state index contributed by atoms with van der Waals surface area (Å²) >= 11 is 0. The number of anilines is 1. The van der Waals surface area contributed by atoms with Gasteiger partial charge in [0.15, 0.2) is 0 Å². The van der Waals surface area contributed by atoms with Crippen LogP contribution in [0, 0.1) is 12.8 Å². The molecule has 0 heterocycles. The molecule has 0 radical (unpaired) electrons. The Balaban J connectivity index is 2.59. The first-order valence-corrected chi connectivity index (χ1v) is 8.88. The van der Waals surface area contributed by atoms with Gasteiger partial charge in [-0.05, 0) is 74.0 Å². The van der Waals surface area contributed by atoms with E-state index in [1.165, 1.54) is 35.2 Å². The second-order valence-electron chi connectivity index (χ2n) is 7.09. The highest BCUT2D eigenvalue weighted by atomic mass is 14.8. The molecule has 0 bridgehead atoms. The molecular formula is C20H32N2. The summed E-state index contributed by atoms with van der Waals surface area (Å²) in [6, 6.07) is 2.34. The number of aliphatic imine (C=N–C) groups is 1. The van der Waals surface area contributed by atoms with E-state index in [2.05, 4.69) is 47.6 Å². The van der Waals surface area contributed by atoms with E-state index < -0.39 is 0 Å². The van der Waals surface area contributed by atoms with Crippen LogP contribution in [0.25, 0.3) is 0 Å². The van der Waals surface area contributed by atoms with Gasteiger partial charge in [-0.15, -0.1) is 0 Å². The first-order valence-electron chi connectivity index (χ1n) is 8.88. The van der Waals surface area contributed by atoms with E-state index in [9.17, 15) is 0 Å². The molecule has 122 valence electrons. The average Bonchev–Trinajstić information content (AvgIpc) is 3.35. The molecule has 1 fully saturated rings. The number of hydrogen-bond acceptors (Lipinski definition) is 2. The van der Waals surface area contributed by atoms with Crippen molar-refractivity contribution in [3.05, 3.63) is 22.8 Å². The van der Waals surface area contributed by atoms with E-state index in [0.29, 0.717) is 17.8 Å². The van der Waals surface area contributed by atoms with Crippen LogP contribution in [-0.2, 0) is 0 Å². The second kappa shape index (κ2) is 6.85. The predicted molar refractivity (Wildman–Crippen MR) is 98.5 cm³/mol. The summed E-state index contributed by atoms with van der Waals surface area (Å²) in [6.07, 6.45) is 4.85. The number of rotatable bonds is 6. The zero-order valence-corrected chi connectivity index (χ0v) is 15.2. The van der Waals surface area contributed by atoms with Crippen LogP contribution in [0.1, 0.15) is 88.8 Å². The first-order chi connectivity index (χ1) is 10.4. The minimum absolute atomic E-state index is 0.504. The Hall–Kier alpha value is -1.31. The van der Waals surface area contributed by atoms with E-state index in [1.807, 2.05) is 0 Å². The zero-order chi connectivity index (χ0) is 16.4. The topological polar surface area (TPSA) is 38.4 Å². The van der Waals surface area contributed by atoms with Gasteiger partial charge in [-0.25, -0.2) is 0 Å². The van der Waals surface area contributed by atoms with Crippen molar-refractivity contribution >= 4 is 17.1 Å². The molecule has 1 aliphatic rings. The van der Waals surface area contributed by atoms with Gasteiger partial charge >= 0.3 is 0 Å². The standard InChI is InChI=1S/C20H32N2/c1-7-12(3)17-11-18(13(4)8-2)20(14(5)19(17)21)22-15(6)16-9-10-16/h11-13,16H,7-10,21H2,1-6H3. The number of hydrogen-bond donors (Lipinski definition) is 1. The summed E-state index contributed by atoms with van der Waals surface area (Å²) in [4.78, 5) is 5.01. The van der Waals surface area contributed by atoms with Crippen molar-refractivity contribution in [2.24, 2.45) is 10.9 Å². The molecule has 0 saturated heterocycles. The Morgan fingerprint density at radius 1 is 1.18 bits per heavy atom. The van der Waals surface area contributed by atoms with Gasteiger partial charge in [0.05, 0.1) is 5.69 Å². The van der Waals surface area contributed by atoms with Crippen molar-refractivity contribution in [1.29, 1.82) is 0 Å². The molecule has 22 heavy (non-hydrogen) atoms. The van der Waals surface area contributed by atoms with E-state index in [1.54, 1.807) is 0 Å². The largest absolute Gasteiger partial charge is 0.398 e. The monoisotopic (exact) mass is 300 g/mol. The van der Waals surface area contributed by atoms with Gasteiger partial charge in [0.25, 0.3) is 0 Å². The fraction of sp³-hybridized carbons (Fsp3) is 0.650. The molecule has 0 aromatic heterocycles. The molecule has 2 unspecified atom stereocenters. The number of nitrogens with two attached hydrogens (primary N) is 1. The molecule has 2 heteroatoms. The Morgan fingerprint density at radius 2 is 1.73 bits per heavy atom. The fourth-order valence-corrected chi connectivity index (χ4v) is 3.01. The van der Waals surface area contributed by atoms with Crippen LogP contribution in [0.15, 0.2) is 11.1 Å². The summed E-state index contributed by atoms with van der Waals surface area (Å²) in [7, 11) is 0. The Morgan fingerprint density at radius 3 is 2.23 bits per heavy atom. The highest BCUT2D eigenvalue weighted by molar-refractivity contribution is 5.90. The molecule has 0 aliphatic heterocycles. The zero-order valence-electron chi connectivity index (χ0n) is 15.2. The SMILES string of the molecule is CCC(C)c1cc(C(C)CC)c(N=C(C)C2CC2)c(C)c1N. The van der Waals surface area contributed by atoms with Crippen molar-refractivity contribution in [1.82, 2.24) is 0 Å². The van der Waals surface area contributed by atoms with Gasteiger partial charge in [0.2, 0.25) is 0 Å². The van der Waals surface area contributed by atoms with E-state index in [-0.39, 0.29) is 0 Å². The van der Waals surface area contributed by atoms with Crippen molar-refractivity contribution in [3.63, 3.8) is 0 Å². The second-order valence-corrected chi connectivity index (χ2v) is 7.09. The van der Waals surface area contributed by atoms with Crippen molar-refractivity contribution in [3.8, 4) is 0 Å². The molecule has 2 nitrogen and oxygen atoms in total. The maximum atomic E-state index is 6.47. The molecule has 0 spiro atoms. The van der Waals surface area contributed by atoms with Gasteiger partial charge in [-0.1, -0.05) is 33.8 Å². The lowest BCUT2D eigenvalue weighted by atomic mass is 9.86. The van der Waals surface area contributed by atoms with E-state index >= 15 is 0 Å². The fourth-order valence-electron chi connectivity index (χ4n) is 3.01. The Labute approximate surface area is 136 Å². The maximum Gasteiger partial charge on any atom is 0.0713 e. The smallest absolute Gasteiger partial charge is 0.0713 e. The number of nitrogens with zero attached hydrogens (tertiary/aromatic N) is 1. The third-order valence-corrected chi connectivity index (χ3v) is 5.40. The van der Waals surface area contributed by atoms with Crippen molar-refractivity contribution in [2.45, 2.75) is 79.1 Å². The summed E-state index contributed by atoms with van der Waals surface area (Å²) in [5.41, 5.74) is 13.7. The van der Waals surface area contributed by atoms with Crippen LogP contribution in [0.2, 0.25) is 0 Å². The predicted octanol–water partition coefficient (Wildman–Crippen LogP) is 6.11.